The van der Waals surface area contributed by atoms with Gasteiger partial charge in [-0.05, 0) is 36.4 Å². The average Bonchev–Trinajstić information content (AvgIpc) is 2.69. The van der Waals surface area contributed by atoms with Crippen LogP contribution in [0, 0.1) is 56.1 Å². The third-order valence-electron chi connectivity index (χ3n) is 3.31. The van der Waals surface area contributed by atoms with Crippen molar-refractivity contribution in [3.05, 3.63) is 107 Å². The van der Waals surface area contributed by atoms with Gasteiger partial charge in [0.05, 0.1) is 16.7 Å². The summed E-state index contributed by atoms with van der Waals surface area (Å²) in [4.78, 5) is 30.5. The van der Waals surface area contributed by atoms with E-state index in [2.05, 4.69) is 0 Å². The molecule has 0 saturated heterocycles. The van der Waals surface area contributed by atoms with Gasteiger partial charge in [-0.3, -0.25) is 0 Å². The molecule has 0 aromatic heterocycles. The number of benzene rings is 3. The normalized spacial score (nSPS) is 9.00. The molecule has 10 heteroatoms. The van der Waals surface area contributed by atoms with Crippen LogP contribution in [-0.4, -0.2) is 33.2 Å². The van der Waals surface area contributed by atoms with Crippen LogP contribution in [0.15, 0.2) is 72.8 Å². The number of rotatable bonds is 3. The molecular formula is C21H15F3O6Tb. The van der Waals surface area contributed by atoms with Gasteiger partial charge in [0.2, 0.25) is 0 Å². The van der Waals surface area contributed by atoms with Crippen LogP contribution in [0.3, 0.4) is 0 Å². The number of aromatic carboxylic acids is 3. The summed E-state index contributed by atoms with van der Waals surface area (Å²) in [6, 6.07) is 15.8. The Morgan fingerprint density at radius 3 is 0.806 bits per heavy atom. The zero-order valence-electron chi connectivity index (χ0n) is 15.5. The Morgan fingerprint density at radius 2 is 0.677 bits per heavy atom. The second-order valence-corrected chi connectivity index (χ2v) is 5.35. The van der Waals surface area contributed by atoms with Crippen molar-refractivity contribution in [2.75, 3.05) is 0 Å². The Morgan fingerprint density at radius 1 is 0.484 bits per heavy atom. The molecule has 0 bridgehead atoms. The Hall–Kier alpha value is -2.85. The molecule has 0 aliphatic rings. The minimum Gasteiger partial charge on any atom is -0.478 e. The van der Waals surface area contributed by atoms with Crippen molar-refractivity contribution in [1.82, 2.24) is 0 Å². The van der Waals surface area contributed by atoms with Crippen molar-refractivity contribution in [2.24, 2.45) is 0 Å². The van der Waals surface area contributed by atoms with Gasteiger partial charge in [0.15, 0.2) is 0 Å². The van der Waals surface area contributed by atoms with Crippen LogP contribution in [0.1, 0.15) is 31.1 Å². The fourth-order valence-corrected chi connectivity index (χ4v) is 1.90. The summed E-state index contributed by atoms with van der Waals surface area (Å²) in [5.74, 6) is -5.81. The van der Waals surface area contributed by atoms with Gasteiger partial charge < -0.3 is 15.3 Å². The minimum absolute atomic E-state index is 0. The van der Waals surface area contributed by atoms with Gasteiger partial charge in [-0.15, -0.1) is 0 Å². The van der Waals surface area contributed by atoms with Gasteiger partial charge in [-0.2, -0.15) is 0 Å². The summed E-state index contributed by atoms with van der Waals surface area (Å²) < 4.78 is 37.4. The molecule has 0 atom stereocenters. The summed E-state index contributed by atoms with van der Waals surface area (Å²) >= 11 is 0. The molecule has 0 spiro atoms. The van der Waals surface area contributed by atoms with Crippen molar-refractivity contribution in [3.63, 3.8) is 0 Å². The predicted octanol–water partition coefficient (Wildman–Crippen LogP) is 4.57. The van der Waals surface area contributed by atoms with Crippen molar-refractivity contribution < 1.29 is 81.5 Å². The van der Waals surface area contributed by atoms with Crippen molar-refractivity contribution >= 4 is 17.9 Å². The monoisotopic (exact) mass is 579 g/mol. The zero-order valence-corrected chi connectivity index (χ0v) is 17.6. The number of hydrogen-bond donors (Lipinski definition) is 3. The van der Waals surface area contributed by atoms with E-state index < -0.39 is 35.4 Å². The third kappa shape index (κ3) is 9.66. The van der Waals surface area contributed by atoms with Crippen LogP contribution in [0.5, 0.6) is 0 Å². The van der Waals surface area contributed by atoms with Gasteiger partial charge >= 0.3 is 17.9 Å². The molecule has 6 nitrogen and oxygen atoms in total. The van der Waals surface area contributed by atoms with E-state index in [4.69, 9.17) is 15.3 Å². The second kappa shape index (κ2) is 14.2. The summed E-state index contributed by atoms with van der Waals surface area (Å²) in [5, 5.41) is 25.0. The Bertz CT molecular complexity index is 911. The molecule has 0 saturated carbocycles. The fourth-order valence-electron chi connectivity index (χ4n) is 1.90. The number of carboxylic acid groups (broad SMARTS) is 3. The molecule has 3 rings (SSSR count). The van der Waals surface area contributed by atoms with Crippen LogP contribution in [-0.2, 0) is 0 Å². The number of halogens is 3. The molecule has 0 aliphatic carbocycles. The second-order valence-electron chi connectivity index (χ2n) is 5.35. The number of hydrogen-bond acceptors (Lipinski definition) is 3. The van der Waals surface area contributed by atoms with E-state index >= 15 is 0 Å². The molecule has 3 aromatic carbocycles. The first-order valence-corrected chi connectivity index (χ1v) is 8.08. The van der Waals surface area contributed by atoms with E-state index in [1.54, 1.807) is 0 Å². The summed E-state index contributed by atoms with van der Waals surface area (Å²) in [5.41, 5.74) is -0.868. The van der Waals surface area contributed by atoms with Crippen molar-refractivity contribution in [2.45, 2.75) is 0 Å². The average molecular weight is 579 g/mol. The Balaban J connectivity index is 0.000000429. The molecule has 31 heavy (non-hydrogen) atoms. The van der Waals surface area contributed by atoms with Crippen LogP contribution in [0.4, 0.5) is 13.2 Å². The molecule has 0 heterocycles. The molecule has 0 unspecified atom stereocenters. The molecule has 3 aromatic rings. The first kappa shape index (κ1) is 28.1. The van der Waals surface area contributed by atoms with E-state index in [1.807, 2.05) is 0 Å². The van der Waals surface area contributed by atoms with Gasteiger partial charge in [-0.1, -0.05) is 36.4 Å². The molecule has 3 N–H and O–H groups in total. The van der Waals surface area contributed by atoms with Crippen molar-refractivity contribution in [3.8, 4) is 0 Å². The summed E-state index contributed by atoms with van der Waals surface area (Å²) in [6.07, 6.45) is 0. The smallest absolute Gasteiger partial charge is 0.338 e. The van der Waals surface area contributed by atoms with Crippen LogP contribution >= 0.6 is 0 Å². The molecule has 165 valence electrons. The molecular weight excluding hydrogens is 564 g/mol. The largest absolute Gasteiger partial charge is 0.478 e. The summed E-state index contributed by atoms with van der Waals surface area (Å²) in [6.45, 7) is 0. The van der Waals surface area contributed by atoms with Crippen LogP contribution < -0.4 is 0 Å². The first-order valence-electron chi connectivity index (χ1n) is 8.08. The van der Waals surface area contributed by atoms with Gasteiger partial charge in [0.25, 0.3) is 0 Å². The number of carbonyl (C=O) groups is 3. The Kier molecular flexibility index (Phi) is 12.9. The molecule has 0 amide bonds. The topological polar surface area (TPSA) is 112 Å². The summed E-state index contributed by atoms with van der Waals surface area (Å²) in [7, 11) is 0. The maximum atomic E-state index is 12.5. The van der Waals surface area contributed by atoms with Crippen molar-refractivity contribution in [1.29, 1.82) is 0 Å². The SMILES string of the molecule is O=C(O)c1ccccc1F.O=C(O)c1ccccc1F.O=C(O)c1ccccc1F.[Tb]. The van der Waals surface area contributed by atoms with E-state index in [0.717, 1.165) is 18.2 Å². The van der Waals surface area contributed by atoms with E-state index in [-0.39, 0.29) is 55.3 Å². The van der Waals surface area contributed by atoms with Crippen LogP contribution in [0.2, 0.25) is 0 Å². The maximum Gasteiger partial charge on any atom is 0.338 e. The molecule has 0 fully saturated rings. The first-order chi connectivity index (χ1) is 14.1. The minimum atomic E-state index is -1.24. The van der Waals surface area contributed by atoms with Gasteiger partial charge in [0, 0.05) is 38.6 Å². The number of carboxylic acids is 3. The Labute approximate surface area is 205 Å². The van der Waals surface area contributed by atoms with Crippen LogP contribution in [0.25, 0.3) is 0 Å². The predicted molar refractivity (Wildman–Crippen MR) is 100 cm³/mol. The molecule has 0 aliphatic heterocycles. The van der Waals surface area contributed by atoms with E-state index in [0.29, 0.717) is 0 Å². The standard InChI is InChI=1S/3C7H5FO2.Tb/c3*8-6-4-2-1-3-5(6)7(9)10;/h3*1-4H,(H,9,10);. The third-order valence-corrected chi connectivity index (χ3v) is 3.31. The van der Waals surface area contributed by atoms with E-state index in [1.165, 1.54) is 54.6 Å². The van der Waals surface area contributed by atoms with Gasteiger partial charge in [0.1, 0.15) is 17.5 Å². The maximum absolute atomic E-state index is 12.5. The fraction of sp³-hybridized carbons (Fsp3) is 0. The zero-order chi connectivity index (χ0) is 22.7. The molecule has 1 radical (unpaired) electrons. The van der Waals surface area contributed by atoms with E-state index in [9.17, 15) is 27.6 Å². The van der Waals surface area contributed by atoms with Gasteiger partial charge in [-0.25, -0.2) is 27.6 Å². The quantitative estimate of drug-likeness (QED) is 0.420.